The van der Waals surface area contributed by atoms with Crippen molar-refractivity contribution < 1.29 is 14.7 Å². The van der Waals surface area contributed by atoms with Crippen LogP contribution >= 0.6 is 12.4 Å². The van der Waals surface area contributed by atoms with Crippen LogP contribution in [-0.2, 0) is 9.59 Å². The summed E-state index contributed by atoms with van der Waals surface area (Å²) in [6.45, 7) is 4.80. The summed E-state index contributed by atoms with van der Waals surface area (Å²) in [7, 11) is 0. The number of nitrogens with zero attached hydrogens (tertiary/aromatic N) is 3. The summed E-state index contributed by atoms with van der Waals surface area (Å²) in [6, 6.07) is 3.61. The first-order valence-electron chi connectivity index (χ1n) is 8.78. The highest BCUT2D eigenvalue weighted by molar-refractivity contribution is 5.96. The second kappa shape index (κ2) is 9.69. The molecule has 1 aromatic heterocycles. The zero-order valence-electron chi connectivity index (χ0n) is 14.6. The number of rotatable bonds is 5. The van der Waals surface area contributed by atoms with Gasteiger partial charge in [0.2, 0.25) is 0 Å². The van der Waals surface area contributed by atoms with Gasteiger partial charge in [0, 0.05) is 44.3 Å². The summed E-state index contributed by atoms with van der Waals surface area (Å²) in [5, 5.41) is 12.8. The second-order valence-electron chi connectivity index (χ2n) is 6.58. The number of anilines is 1. The molecular weight excluding hydrogens is 356 g/mol. The van der Waals surface area contributed by atoms with Crippen molar-refractivity contribution in [3.8, 4) is 0 Å². The molecule has 142 valence electrons. The highest BCUT2D eigenvalue weighted by Gasteiger charge is 2.37. The van der Waals surface area contributed by atoms with E-state index in [4.69, 9.17) is 0 Å². The molecule has 2 saturated heterocycles. The summed E-state index contributed by atoms with van der Waals surface area (Å²) in [5.74, 6) is 0.761. The maximum Gasteiger partial charge on any atom is 0.344 e. The lowest BCUT2D eigenvalue weighted by atomic mass is 9.84. The maximum absolute atomic E-state index is 11.6. The van der Waals surface area contributed by atoms with E-state index in [1.54, 1.807) is 18.3 Å². The van der Waals surface area contributed by atoms with Crippen LogP contribution in [0.15, 0.2) is 30.1 Å². The van der Waals surface area contributed by atoms with Crippen molar-refractivity contribution in [2.75, 3.05) is 44.2 Å². The molecule has 0 bridgehead atoms. The number of pyridine rings is 1. The van der Waals surface area contributed by atoms with Gasteiger partial charge in [0.25, 0.3) is 0 Å². The molecule has 0 saturated carbocycles. The van der Waals surface area contributed by atoms with Crippen molar-refractivity contribution in [3.05, 3.63) is 30.1 Å². The van der Waals surface area contributed by atoms with Gasteiger partial charge in [-0.1, -0.05) is 0 Å². The molecule has 2 fully saturated rings. The summed E-state index contributed by atoms with van der Waals surface area (Å²) in [6.07, 6.45) is 5.32. The number of piperazine rings is 1. The Bertz CT molecular complexity index is 637. The molecule has 2 N–H and O–H groups in total. The quantitative estimate of drug-likeness (QED) is 0.578. The SMILES string of the molecule is Cl.O=C=C(C(=O)O)C(C1CCNCC1)N1CCN(c2ccncc2)CC1. The molecule has 26 heavy (non-hydrogen) atoms. The van der Waals surface area contributed by atoms with Crippen molar-refractivity contribution in [3.63, 3.8) is 0 Å². The lowest BCUT2D eigenvalue weighted by molar-refractivity contribution is -0.133. The van der Waals surface area contributed by atoms with Crippen LogP contribution in [0.2, 0.25) is 0 Å². The standard InChI is InChI=1S/C18H24N4O3.ClH/c23-13-16(18(24)25)17(14-1-5-19-6-2-14)22-11-9-21(10-12-22)15-3-7-20-8-4-15;/h3-4,7-8,14,17,19H,1-2,5-6,9-12H2,(H,24,25);1H. The van der Waals surface area contributed by atoms with Gasteiger partial charge >= 0.3 is 5.97 Å². The Hall–Kier alpha value is -1.92. The van der Waals surface area contributed by atoms with Crippen LogP contribution < -0.4 is 10.2 Å². The van der Waals surface area contributed by atoms with E-state index in [1.807, 2.05) is 12.1 Å². The Morgan fingerprint density at radius 3 is 2.35 bits per heavy atom. The largest absolute Gasteiger partial charge is 0.477 e. The lowest BCUT2D eigenvalue weighted by Crippen LogP contribution is -2.55. The fourth-order valence-electron chi connectivity index (χ4n) is 3.92. The van der Waals surface area contributed by atoms with E-state index in [0.717, 1.165) is 57.8 Å². The predicted octanol–water partition coefficient (Wildman–Crippen LogP) is 0.836. The Morgan fingerprint density at radius 2 is 1.81 bits per heavy atom. The molecular formula is C18H25ClN4O3. The van der Waals surface area contributed by atoms with Gasteiger partial charge in [-0.15, -0.1) is 12.4 Å². The molecule has 7 nitrogen and oxygen atoms in total. The second-order valence-corrected chi connectivity index (χ2v) is 6.58. The fraction of sp³-hybridized carbons (Fsp3) is 0.556. The third-order valence-electron chi connectivity index (χ3n) is 5.20. The van der Waals surface area contributed by atoms with Crippen molar-refractivity contribution in [1.29, 1.82) is 0 Å². The summed E-state index contributed by atoms with van der Waals surface area (Å²) in [5.41, 5.74) is 1.00. The highest BCUT2D eigenvalue weighted by atomic mass is 35.5. The van der Waals surface area contributed by atoms with Crippen LogP contribution in [0.4, 0.5) is 5.69 Å². The first-order chi connectivity index (χ1) is 12.2. The number of aliphatic carboxylic acids is 1. The third-order valence-corrected chi connectivity index (χ3v) is 5.20. The van der Waals surface area contributed by atoms with Gasteiger partial charge in [0.15, 0.2) is 0 Å². The Balaban J connectivity index is 0.00000243. The molecule has 0 radical (unpaired) electrons. The smallest absolute Gasteiger partial charge is 0.344 e. The molecule has 3 heterocycles. The molecule has 0 spiro atoms. The number of carbonyl (C=O) groups is 1. The van der Waals surface area contributed by atoms with Crippen LogP contribution in [-0.4, -0.2) is 72.2 Å². The number of carbonyl (C=O) groups excluding carboxylic acids is 1. The number of hydrogen-bond acceptors (Lipinski definition) is 6. The number of carboxylic acids is 1. The van der Waals surface area contributed by atoms with E-state index in [-0.39, 0.29) is 29.9 Å². The van der Waals surface area contributed by atoms with Crippen LogP contribution in [0.3, 0.4) is 0 Å². The first kappa shape index (κ1) is 20.4. The van der Waals surface area contributed by atoms with Gasteiger partial charge in [-0.25, -0.2) is 9.59 Å². The topological polar surface area (TPSA) is 85.8 Å². The molecule has 1 atom stereocenters. The normalized spacial score (nSPS) is 19.9. The Kier molecular flexibility index (Phi) is 7.60. The molecule has 2 aliphatic heterocycles. The maximum atomic E-state index is 11.6. The van der Waals surface area contributed by atoms with Crippen molar-refractivity contribution in [2.45, 2.75) is 18.9 Å². The number of piperidine rings is 1. The van der Waals surface area contributed by atoms with Crippen LogP contribution in [0.25, 0.3) is 0 Å². The molecule has 0 aliphatic carbocycles. The average Bonchev–Trinajstić information content (AvgIpc) is 2.67. The predicted molar refractivity (Wildman–Crippen MR) is 101 cm³/mol. The van der Waals surface area contributed by atoms with Crippen LogP contribution in [0, 0.1) is 5.92 Å². The van der Waals surface area contributed by atoms with E-state index in [2.05, 4.69) is 20.1 Å². The molecule has 8 heteroatoms. The third kappa shape index (κ3) is 4.62. The van der Waals surface area contributed by atoms with Gasteiger partial charge in [-0.2, -0.15) is 0 Å². The fourth-order valence-corrected chi connectivity index (χ4v) is 3.92. The number of halogens is 1. The molecule has 1 unspecified atom stereocenters. The summed E-state index contributed by atoms with van der Waals surface area (Å²) < 4.78 is 0. The van der Waals surface area contributed by atoms with Gasteiger partial charge in [-0.05, 0) is 44.0 Å². The Morgan fingerprint density at radius 1 is 1.19 bits per heavy atom. The lowest BCUT2D eigenvalue weighted by Gasteiger charge is -2.43. The van der Waals surface area contributed by atoms with Gasteiger partial charge in [0.05, 0.1) is 6.04 Å². The van der Waals surface area contributed by atoms with E-state index < -0.39 is 5.97 Å². The number of nitrogens with one attached hydrogen (secondary N) is 1. The minimum absolute atomic E-state index is 0. The zero-order valence-corrected chi connectivity index (χ0v) is 15.5. The number of aromatic nitrogens is 1. The van der Waals surface area contributed by atoms with Crippen LogP contribution in [0.5, 0.6) is 0 Å². The van der Waals surface area contributed by atoms with E-state index in [9.17, 15) is 14.7 Å². The molecule has 1 aromatic rings. The molecule has 2 aliphatic rings. The average molecular weight is 381 g/mol. The number of hydrogen-bond donors (Lipinski definition) is 2. The van der Waals surface area contributed by atoms with Crippen molar-refractivity contribution in [1.82, 2.24) is 15.2 Å². The minimum atomic E-state index is -1.14. The van der Waals surface area contributed by atoms with Gasteiger partial charge in [-0.3, -0.25) is 9.88 Å². The van der Waals surface area contributed by atoms with Gasteiger partial charge in [0.1, 0.15) is 11.5 Å². The first-order valence-corrected chi connectivity index (χ1v) is 8.78. The van der Waals surface area contributed by atoms with E-state index in [1.165, 1.54) is 0 Å². The summed E-state index contributed by atoms with van der Waals surface area (Å²) in [4.78, 5) is 31.4. The van der Waals surface area contributed by atoms with Crippen LogP contribution in [0.1, 0.15) is 12.8 Å². The zero-order chi connectivity index (χ0) is 17.6. The van der Waals surface area contributed by atoms with E-state index in [0.29, 0.717) is 0 Å². The summed E-state index contributed by atoms with van der Waals surface area (Å²) >= 11 is 0. The molecule has 0 aromatic carbocycles. The molecule has 0 amide bonds. The van der Waals surface area contributed by atoms with Crippen molar-refractivity contribution >= 4 is 30.0 Å². The van der Waals surface area contributed by atoms with E-state index >= 15 is 0 Å². The highest BCUT2D eigenvalue weighted by Crippen LogP contribution is 2.27. The monoisotopic (exact) mass is 380 g/mol. The Labute approximate surface area is 159 Å². The minimum Gasteiger partial charge on any atom is -0.477 e. The molecule has 3 rings (SSSR count). The number of carboxylic acid groups (broad SMARTS) is 1. The van der Waals surface area contributed by atoms with Gasteiger partial charge < -0.3 is 15.3 Å². The van der Waals surface area contributed by atoms with Crippen molar-refractivity contribution in [2.24, 2.45) is 5.92 Å².